The van der Waals surface area contributed by atoms with Crippen LogP contribution in [0, 0.1) is 0 Å². The molecule has 6 nitrogen and oxygen atoms in total. The molecule has 2 heterocycles. The molecule has 0 aromatic carbocycles. The first-order valence-corrected chi connectivity index (χ1v) is 5.00. The van der Waals surface area contributed by atoms with E-state index in [-0.39, 0.29) is 5.91 Å². The maximum absolute atomic E-state index is 11.6. The van der Waals surface area contributed by atoms with E-state index in [9.17, 15) is 4.79 Å². The summed E-state index contributed by atoms with van der Waals surface area (Å²) < 4.78 is 4.85. The number of carbonyl (C=O) groups is 1. The van der Waals surface area contributed by atoms with Crippen LogP contribution in [-0.2, 0) is 11.2 Å². The van der Waals surface area contributed by atoms with Crippen LogP contribution < -0.4 is 15.4 Å². The third-order valence-electron chi connectivity index (χ3n) is 2.24. The molecular weight excluding hydrogens is 220 g/mol. The van der Waals surface area contributed by atoms with Crippen LogP contribution in [0.25, 0.3) is 0 Å². The minimum absolute atomic E-state index is 0.162. The van der Waals surface area contributed by atoms with Gasteiger partial charge < -0.3 is 15.4 Å². The Labute approximate surface area is 98.4 Å². The van der Waals surface area contributed by atoms with E-state index in [0.717, 1.165) is 5.56 Å². The molecule has 0 fully saturated rings. The largest absolute Gasteiger partial charge is 0.467 e. The molecule has 6 heteroatoms. The Bertz CT molecular complexity index is 479. The second kappa shape index (κ2) is 4.65. The van der Waals surface area contributed by atoms with Crippen molar-refractivity contribution in [1.82, 2.24) is 20.6 Å². The van der Waals surface area contributed by atoms with Gasteiger partial charge in [0.2, 0.25) is 0 Å². The number of nitrogens with zero attached hydrogens (tertiary/aromatic N) is 2. The van der Waals surface area contributed by atoms with E-state index < -0.39 is 0 Å². The van der Waals surface area contributed by atoms with E-state index in [1.54, 1.807) is 18.6 Å². The first-order chi connectivity index (χ1) is 8.19. The lowest BCUT2D eigenvalue weighted by atomic mass is 10.1. The molecule has 0 radical (unpaired) electrons. The zero-order valence-electron chi connectivity index (χ0n) is 9.36. The molecule has 2 rings (SSSR count). The van der Waals surface area contributed by atoms with E-state index in [0.29, 0.717) is 23.8 Å². The van der Waals surface area contributed by atoms with Crippen LogP contribution in [0.15, 0.2) is 36.6 Å². The number of amides is 1. The maximum Gasteiger partial charge on any atom is 0.316 e. The second-order valence-corrected chi connectivity index (χ2v) is 3.50. The highest BCUT2D eigenvalue weighted by Crippen LogP contribution is 2.10. The molecule has 1 amide bonds. The van der Waals surface area contributed by atoms with Crippen molar-refractivity contribution in [1.29, 1.82) is 0 Å². The smallest absolute Gasteiger partial charge is 0.316 e. The number of ether oxygens (including phenoxy) is 1. The molecule has 0 saturated heterocycles. The summed E-state index contributed by atoms with van der Waals surface area (Å²) in [6.07, 6.45) is 5.34. The quantitative estimate of drug-likeness (QED) is 0.773. The Kier molecular flexibility index (Phi) is 3.04. The van der Waals surface area contributed by atoms with Gasteiger partial charge in [0.1, 0.15) is 5.82 Å². The number of methoxy groups -OCH3 is 1. The summed E-state index contributed by atoms with van der Waals surface area (Å²) in [5.74, 6) is 0.314. The lowest BCUT2D eigenvalue weighted by molar-refractivity contribution is -0.117. The van der Waals surface area contributed by atoms with Gasteiger partial charge in [-0.1, -0.05) is 6.58 Å². The number of rotatable bonds is 3. The highest BCUT2D eigenvalue weighted by atomic mass is 16.5. The van der Waals surface area contributed by atoms with Crippen molar-refractivity contribution >= 4 is 5.91 Å². The van der Waals surface area contributed by atoms with Crippen molar-refractivity contribution in [3.8, 4) is 6.01 Å². The average molecular weight is 232 g/mol. The summed E-state index contributed by atoms with van der Waals surface area (Å²) in [5.41, 5.74) is 1.44. The Morgan fingerprint density at radius 1 is 1.41 bits per heavy atom. The van der Waals surface area contributed by atoms with Crippen LogP contribution in [0.4, 0.5) is 0 Å². The highest BCUT2D eigenvalue weighted by Gasteiger charge is 2.15. The molecule has 1 aromatic rings. The van der Waals surface area contributed by atoms with Gasteiger partial charge in [0.05, 0.1) is 7.11 Å². The minimum Gasteiger partial charge on any atom is -0.467 e. The maximum atomic E-state index is 11.6. The third kappa shape index (κ3) is 2.60. The zero-order chi connectivity index (χ0) is 12.3. The predicted octanol–water partition coefficient (Wildman–Crippen LogP) is 0.102. The fraction of sp³-hybridized carbons (Fsp3) is 0.182. The van der Waals surface area contributed by atoms with E-state index >= 15 is 0 Å². The number of hydrogen-bond donors (Lipinski definition) is 2. The predicted molar refractivity (Wildman–Crippen MR) is 60.8 cm³/mol. The SMILES string of the molecule is C=C1NC=C(Cc2cnc(OC)nc2)C(=O)N1. The lowest BCUT2D eigenvalue weighted by Crippen LogP contribution is -2.35. The number of aromatic nitrogens is 2. The van der Waals surface area contributed by atoms with Gasteiger partial charge in [0, 0.05) is 30.6 Å². The Hall–Kier alpha value is -2.37. The molecule has 1 aliphatic heterocycles. The van der Waals surface area contributed by atoms with Gasteiger partial charge in [-0.2, -0.15) is 0 Å². The molecule has 0 bridgehead atoms. The van der Waals surface area contributed by atoms with E-state index in [1.165, 1.54) is 7.11 Å². The first-order valence-electron chi connectivity index (χ1n) is 5.00. The molecular formula is C11H12N4O2. The lowest BCUT2D eigenvalue weighted by Gasteiger charge is -2.16. The van der Waals surface area contributed by atoms with Crippen molar-refractivity contribution in [2.45, 2.75) is 6.42 Å². The van der Waals surface area contributed by atoms with Crippen LogP contribution in [0.3, 0.4) is 0 Å². The summed E-state index contributed by atoms with van der Waals surface area (Å²) in [5, 5.41) is 5.45. The summed E-state index contributed by atoms with van der Waals surface area (Å²) in [7, 11) is 1.50. The molecule has 0 atom stereocenters. The topological polar surface area (TPSA) is 76.1 Å². The first kappa shape index (κ1) is 11.1. The molecule has 0 unspecified atom stereocenters. The van der Waals surface area contributed by atoms with E-state index in [4.69, 9.17) is 4.74 Å². The van der Waals surface area contributed by atoms with E-state index in [2.05, 4.69) is 27.2 Å². The van der Waals surface area contributed by atoms with Crippen LogP contribution >= 0.6 is 0 Å². The van der Waals surface area contributed by atoms with Gasteiger partial charge >= 0.3 is 6.01 Å². The van der Waals surface area contributed by atoms with Crippen molar-refractivity contribution in [2.24, 2.45) is 0 Å². The van der Waals surface area contributed by atoms with Gasteiger partial charge in [-0.3, -0.25) is 4.79 Å². The van der Waals surface area contributed by atoms with Gasteiger partial charge in [0.25, 0.3) is 5.91 Å². The fourth-order valence-corrected chi connectivity index (χ4v) is 1.38. The van der Waals surface area contributed by atoms with Crippen molar-refractivity contribution in [3.05, 3.63) is 42.1 Å². The van der Waals surface area contributed by atoms with Crippen LogP contribution in [0.2, 0.25) is 0 Å². The average Bonchev–Trinajstić information content (AvgIpc) is 2.34. The molecule has 17 heavy (non-hydrogen) atoms. The van der Waals surface area contributed by atoms with Crippen molar-refractivity contribution in [2.75, 3.05) is 7.11 Å². The Morgan fingerprint density at radius 2 is 2.12 bits per heavy atom. The summed E-state index contributed by atoms with van der Waals surface area (Å²) in [6, 6.07) is 0.308. The van der Waals surface area contributed by atoms with Gasteiger partial charge in [-0.15, -0.1) is 0 Å². The molecule has 1 aliphatic rings. The Balaban J connectivity index is 2.10. The normalized spacial score (nSPS) is 14.8. The molecule has 0 aliphatic carbocycles. The van der Waals surface area contributed by atoms with Crippen LogP contribution in [0.5, 0.6) is 6.01 Å². The van der Waals surface area contributed by atoms with Crippen LogP contribution in [0.1, 0.15) is 5.56 Å². The molecule has 0 spiro atoms. The fourth-order valence-electron chi connectivity index (χ4n) is 1.38. The van der Waals surface area contributed by atoms with Gasteiger partial charge in [-0.25, -0.2) is 9.97 Å². The van der Waals surface area contributed by atoms with Crippen molar-refractivity contribution in [3.63, 3.8) is 0 Å². The van der Waals surface area contributed by atoms with Gasteiger partial charge in [0.15, 0.2) is 0 Å². The second-order valence-electron chi connectivity index (χ2n) is 3.50. The highest BCUT2D eigenvalue weighted by molar-refractivity contribution is 5.95. The third-order valence-corrected chi connectivity index (χ3v) is 2.24. The van der Waals surface area contributed by atoms with Crippen LogP contribution in [-0.4, -0.2) is 23.0 Å². The number of carbonyl (C=O) groups excluding carboxylic acids is 1. The summed E-state index contributed by atoms with van der Waals surface area (Å²) >= 11 is 0. The van der Waals surface area contributed by atoms with Gasteiger partial charge in [-0.05, 0) is 5.56 Å². The standard InChI is InChI=1S/C11H12N4O2/c1-7-12-6-9(10(16)15-7)3-8-4-13-11(17-2)14-5-8/h4-6,12H,1,3H2,2H3,(H,15,16). The minimum atomic E-state index is -0.162. The zero-order valence-corrected chi connectivity index (χ0v) is 9.36. The monoisotopic (exact) mass is 232 g/mol. The number of hydrogen-bond acceptors (Lipinski definition) is 5. The summed E-state index contributed by atoms with van der Waals surface area (Å²) in [4.78, 5) is 19.5. The molecule has 1 aromatic heterocycles. The molecule has 0 saturated carbocycles. The Morgan fingerprint density at radius 3 is 2.71 bits per heavy atom. The molecule has 88 valence electrons. The van der Waals surface area contributed by atoms with E-state index in [1.807, 2.05) is 0 Å². The summed E-state index contributed by atoms with van der Waals surface area (Å²) in [6.45, 7) is 3.60. The van der Waals surface area contributed by atoms with Crippen molar-refractivity contribution < 1.29 is 9.53 Å². The number of nitrogens with one attached hydrogen (secondary N) is 2. The molecule has 2 N–H and O–H groups in total.